The molecular weight excluding hydrogens is 242 g/mol. The lowest BCUT2D eigenvalue weighted by Gasteiger charge is -2.18. The molecule has 0 unspecified atom stereocenters. The highest BCUT2D eigenvalue weighted by atomic mass is 16.5. The van der Waals surface area contributed by atoms with E-state index < -0.39 is 0 Å². The number of hydrogen-bond donors (Lipinski definition) is 1. The van der Waals surface area contributed by atoms with Gasteiger partial charge in [-0.3, -0.25) is 9.78 Å². The van der Waals surface area contributed by atoms with Gasteiger partial charge in [0.1, 0.15) is 5.75 Å². The highest BCUT2D eigenvalue weighted by molar-refractivity contribution is 6.08. The van der Waals surface area contributed by atoms with Gasteiger partial charge in [0.05, 0.1) is 24.6 Å². The first-order valence-electron chi connectivity index (χ1n) is 5.75. The summed E-state index contributed by atoms with van der Waals surface area (Å²) in [6.07, 6.45) is 3.28. The van der Waals surface area contributed by atoms with Crippen molar-refractivity contribution in [1.82, 2.24) is 4.98 Å². The minimum absolute atomic E-state index is 0.197. The van der Waals surface area contributed by atoms with Crippen LogP contribution in [0.4, 0.5) is 11.4 Å². The minimum Gasteiger partial charge on any atom is -0.496 e. The lowest BCUT2D eigenvalue weighted by Crippen LogP contribution is -2.26. The zero-order valence-electron chi connectivity index (χ0n) is 10.8. The summed E-state index contributed by atoms with van der Waals surface area (Å²) in [6, 6.07) is 8.56. The number of carbonyl (C=O) groups excluding carboxylic acids is 1. The first-order chi connectivity index (χ1) is 9.13. The number of aromatic nitrogens is 1. The number of nitrogen functional groups attached to an aromatic ring is 1. The maximum absolute atomic E-state index is 12.4. The summed E-state index contributed by atoms with van der Waals surface area (Å²) in [5.41, 5.74) is 7.37. The molecule has 1 aromatic carbocycles. The number of carbonyl (C=O) groups is 1. The third kappa shape index (κ3) is 2.65. The van der Waals surface area contributed by atoms with Gasteiger partial charge >= 0.3 is 0 Å². The molecule has 19 heavy (non-hydrogen) atoms. The van der Waals surface area contributed by atoms with Gasteiger partial charge in [0.25, 0.3) is 5.91 Å². The first kappa shape index (κ1) is 12.9. The number of rotatable bonds is 3. The molecule has 0 atom stereocenters. The van der Waals surface area contributed by atoms with Gasteiger partial charge in [-0.05, 0) is 30.3 Å². The topological polar surface area (TPSA) is 68.5 Å². The number of nitrogens with zero attached hydrogens (tertiary/aromatic N) is 2. The molecule has 2 aromatic rings. The van der Waals surface area contributed by atoms with Crippen LogP contribution in [-0.2, 0) is 0 Å². The lowest BCUT2D eigenvalue weighted by atomic mass is 10.1. The number of hydrogen-bond acceptors (Lipinski definition) is 4. The van der Waals surface area contributed by atoms with Crippen molar-refractivity contribution in [3.8, 4) is 5.75 Å². The molecule has 1 amide bonds. The standard InChI is InChI=1S/C14H15N3O2/c1-17(11-4-3-7-16-9-11)14(18)12-8-10(15)5-6-13(12)19-2/h3-9H,15H2,1-2H3. The van der Waals surface area contributed by atoms with Crippen molar-refractivity contribution < 1.29 is 9.53 Å². The summed E-state index contributed by atoms with van der Waals surface area (Å²) >= 11 is 0. The maximum atomic E-state index is 12.4. The van der Waals surface area contributed by atoms with E-state index in [1.807, 2.05) is 6.07 Å². The molecule has 5 heteroatoms. The number of methoxy groups -OCH3 is 1. The Labute approximate surface area is 111 Å². The van der Waals surface area contributed by atoms with Crippen molar-refractivity contribution in [3.63, 3.8) is 0 Å². The van der Waals surface area contributed by atoms with E-state index in [-0.39, 0.29) is 5.91 Å². The van der Waals surface area contributed by atoms with E-state index in [0.717, 1.165) is 0 Å². The fraction of sp³-hybridized carbons (Fsp3) is 0.143. The Bertz CT molecular complexity index is 584. The molecule has 0 radical (unpaired) electrons. The van der Waals surface area contributed by atoms with Gasteiger partial charge in [-0.25, -0.2) is 0 Å². The summed E-state index contributed by atoms with van der Waals surface area (Å²) in [5.74, 6) is 0.298. The zero-order valence-corrected chi connectivity index (χ0v) is 10.8. The van der Waals surface area contributed by atoms with Crippen LogP contribution >= 0.6 is 0 Å². The van der Waals surface area contributed by atoms with E-state index in [0.29, 0.717) is 22.7 Å². The maximum Gasteiger partial charge on any atom is 0.261 e. The Morgan fingerprint density at radius 2 is 2.16 bits per heavy atom. The molecule has 0 saturated heterocycles. The second-order valence-corrected chi connectivity index (χ2v) is 4.04. The summed E-state index contributed by atoms with van der Waals surface area (Å²) in [7, 11) is 3.20. The molecular formula is C14H15N3O2. The van der Waals surface area contributed by atoms with Gasteiger partial charge in [0.15, 0.2) is 0 Å². The molecule has 0 saturated carbocycles. The molecule has 5 nitrogen and oxygen atoms in total. The third-order valence-corrected chi connectivity index (χ3v) is 2.79. The Balaban J connectivity index is 2.37. The number of ether oxygens (including phenoxy) is 1. The molecule has 0 fully saturated rings. The van der Waals surface area contributed by atoms with Crippen LogP contribution in [0, 0.1) is 0 Å². The first-order valence-corrected chi connectivity index (χ1v) is 5.75. The number of nitrogens with two attached hydrogens (primary N) is 1. The average Bonchev–Trinajstić information content (AvgIpc) is 2.46. The molecule has 2 N–H and O–H groups in total. The zero-order chi connectivity index (χ0) is 13.8. The van der Waals surface area contributed by atoms with Crippen LogP contribution in [0.15, 0.2) is 42.7 Å². The van der Waals surface area contributed by atoms with Crippen LogP contribution in [0.25, 0.3) is 0 Å². The predicted molar refractivity (Wildman–Crippen MR) is 74.4 cm³/mol. The number of amides is 1. The van der Waals surface area contributed by atoms with Crippen LogP contribution in [0.1, 0.15) is 10.4 Å². The lowest BCUT2D eigenvalue weighted by molar-refractivity contribution is 0.0990. The van der Waals surface area contributed by atoms with Crippen molar-refractivity contribution in [3.05, 3.63) is 48.3 Å². The molecule has 0 aliphatic rings. The Kier molecular flexibility index (Phi) is 3.66. The van der Waals surface area contributed by atoms with Gasteiger partial charge in [-0.2, -0.15) is 0 Å². The second kappa shape index (κ2) is 5.39. The summed E-state index contributed by atoms with van der Waals surface area (Å²) in [6.45, 7) is 0. The van der Waals surface area contributed by atoms with E-state index in [2.05, 4.69) is 4.98 Å². The minimum atomic E-state index is -0.197. The van der Waals surface area contributed by atoms with Crippen molar-refractivity contribution in [2.45, 2.75) is 0 Å². The van der Waals surface area contributed by atoms with E-state index in [1.54, 1.807) is 43.7 Å². The van der Waals surface area contributed by atoms with Gasteiger partial charge in [0.2, 0.25) is 0 Å². The number of benzene rings is 1. The smallest absolute Gasteiger partial charge is 0.261 e. The van der Waals surface area contributed by atoms with Crippen LogP contribution in [0.3, 0.4) is 0 Å². The van der Waals surface area contributed by atoms with Crippen LogP contribution in [0.5, 0.6) is 5.75 Å². The fourth-order valence-corrected chi connectivity index (χ4v) is 1.74. The largest absolute Gasteiger partial charge is 0.496 e. The molecule has 0 bridgehead atoms. The highest BCUT2D eigenvalue weighted by Gasteiger charge is 2.18. The molecule has 1 heterocycles. The van der Waals surface area contributed by atoms with Crippen molar-refractivity contribution in [2.24, 2.45) is 0 Å². The van der Waals surface area contributed by atoms with Gasteiger partial charge < -0.3 is 15.4 Å². The Morgan fingerprint density at radius 1 is 1.37 bits per heavy atom. The third-order valence-electron chi connectivity index (χ3n) is 2.79. The molecule has 0 aliphatic heterocycles. The Morgan fingerprint density at radius 3 is 2.79 bits per heavy atom. The highest BCUT2D eigenvalue weighted by Crippen LogP contribution is 2.24. The molecule has 1 aromatic heterocycles. The fourth-order valence-electron chi connectivity index (χ4n) is 1.74. The summed E-state index contributed by atoms with van der Waals surface area (Å²) < 4.78 is 5.19. The van der Waals surface area contributed by atoms with Gasteiger partial charge in [-0.15, -0.1) is 0 Å². The quantitative estimate of drug-likeness (QED) is 0.853. The average molecular weight is 257 g/mol. The van der Waals surface area contributed by atoms with Crippen molar-refractivity contribution in [2.75, 3.05) is 24.8 Å². The van der Waals surface area contributed by atoms with Crippen molar-refractivity contribution >= 4 is 17.3 Å². The summed E-state index contributed by atoms with van der Waals surface area (Å²) in [4.78, 5) is 17.9. The van der Waals surface area contributed by atoms with E-state index in [4.69, 9.17) is 10.5 Å². The molecule has 0 spiro atoms. The van der Waals surface area contributed by atoms with E-state index in [1.165, 1.54) is 12.0 Å². The molecule has 2 rings (SSSR count). The predicted octanol–water partition coefficient (Wildman–Crippen LogP) is 1.95. The summed E-state index contributed by atoms with van der Waals surface area (Å²) in [5, 5.41) is 0. The van der Waals surface area contributed by atoms with Crippen LogP contribution < -0.4 is 15.4 Å². The van der Waals surface area contributed by atoms with Crippen molar-refractivity contribution in [1.29, 1.82) is 0 Å². The number of pyridine rings is 1. The normalized spacial score (nSPS) is 10.0. The van der Waals surface area contributed by atoms with Gasteiger partial charge in [-0.1, -0.05) is 0 Å². The SMILES string of the molecule is COc1ccc(N)cc1C(=O)N(C)c1cccnc1. The van der Waals surface area contributed by atoms with E-state index in [9.17, 15) is 4.79 Å². The second-order valence-electron chi connectivity index (χ2n) is 4.04. The molecule has 98 valence electrons. The monoisotopic (exact) mass is 257 g/mol. The molecule has 0 aliphatic carbocycles. The Hall–Kier alpha value is -2.56. The van der Waals surface area contributed by atoms with E-state index >= 15 is 0 Å². The number of anilines is 2. The van der Waals surface area contributed by atoms with Crippen LogP contribution in [-0.4, -0.2) is 25.0 Å². The van der Waals surface area contributed by atoms with Gasteiger partial charge in [0, 0.05) is 18.9 Å². The van der Waals surface area contributed by atoms with Crippen LogP contribution in [0.2, 0.25) is 0 Å².